The summed E-state index contributed by atoms with van der Waals surface area (Å²) >= 11 is 0. The van der Waals surface area contributed by atoms with Gasteiger partial charge in [-0.2, -0.15) is 0 Å². The highest BCUT2D eigenvalue weighted by Crippen LogP contribution is 2.34. The van der Waals surface area contributed by atoms with Gasteiger partial charge in [0.15, 0.2) is 12.1 Å². The Morgan fingerprint density at radius 3 is 2.21 bits per heavy atom. The zero-order chi connectivity index (χ0) is 39.0. The molecule has 3 heterocycles. The van der Waals surface area contributed by atoms with Crippen LogP contribution in [0.3, 0.4) is 0 Å². The van der Waals surface area contributed by atoms with Gasteiger partial charge in [0.2, 0.25) is 0 Å². The molecular formula is C41H68N4O8. The summed E-state index contributed by atoms with van der Waals surface area (Å²) < 4.78 is 30.8. The van der Waals surface area contributed by atoms with Gasteiger partial charge in [0.1, 0.15) is 17.3 Å². The van der Waals surface area contributed by atoms with Crippen molar-refractivity contribution in [2.75, 3.05) is 74.1 Å². The first-order valence-electron chi connectivity index (χ1n) is 19.7. The predicted octanol–water partition coefficient (Wildman–Crippen LogP) is 4.59. The van der Waals surface area contributed by atoms with Gasteiger partial charge in [-0.15, -0.1) is 0 Å². The molecule has 0 N–H and O–H groups in total. The molecule has 3 saturated heterocycles. The normalized spacial score (nSPS) is 32.8. The van der Waals surface area contributed by atoms with Crippen molar-refractivity contribution in [2.45, 2.75) is 117 Å². The van der Waals surface area contributed by atoms with E-state index in [9.17, 15) is 14.4 Å². The van der Waals surface area contributed by atoms with Crippen molar-refractivity contribution in [3.63, 3.8) is 0 Å². The van der Waals surface area contributed by atoms with Crippen LogP contribution >= 0.6 is 0 Å². The number of benzene rings is 1. The van der Waals surface area contributed by atoms with Crippen LogP contribution in [0.4, 0.5) is 0 Å². The van der Waals surface area contributed by atoms with Crippen molar-refractivity contribution in [3.05, 3.63) is 29.8 Å². The van der Waals surface area contributed by atoms with E-state index in [1.807, 2.05) is 30.9 Å². The number of nitrogens with zero attached hydrogens (tertiary/aromatic N) is 4. The molecule has 1 amide bonds. The Hall–Kier alpha value is -2.61. The lowest BCUT2D eigenvalue weighted by atomic mass is 9.78. The van der Waals surface area contributed by atoms with Gasteiger partial charge in [0.25, 0.3) is 5.91 Å². The molecule has 300 valence electrons. The Labute approximate surface area is 318 Å². The molecule has 53 heavy (non-hydrogen) atoms. The molecule has 0 bridgehead atoms. The standard InChI is InChI=1S/C41H68N4O8/c1-12-17-45-25-27(2)22-35(50-11)37(53-36-24-32(42(8)9)23-28(3)51-36)29(4)38(46)41(6,7)40(48)52-30(5)34(45)26-43-18-20-44(21-19-43)39(47)31-13-15-33(49-10)16-14-31/h13-16,27-30,32,34-37H,12,17-26H2,1-11H3/t27-,28-,29-,30+,32+,34+,35-,36+,37-/m1/s1. The summed E-state index contributed by atoms with van der Waals surface area (Å²) in [6, 6.07) is 7.40. The van der Waals surface area contributed by atoms with Gasteiger partial charge >= 0.3 is 5.97 Å². The highest BCUT2D eigenvalue weighted by Gasteiger charge is 2.47. The Morgan fingerprint density at radius 2 is 1.62 bits per heavy atom. The number of piperazine rings is 1. The van der Waals surface area contributed by atoms with Crippen molar-refractivity contribution < 1.29 is 38.1 Å². The summed E-state index contributed by atoms with van der Waals surface area (Å²) in [7, 11) is 7.43. The zero-order valence-corrected chi connectivity index (χ0v) is 34.3. The number of carbonyl (C=O) groups is 3. The lowest BCUT2D eigenvalue weighted by Gasteiger charge is -2.42. The number of cyclic esters (lactones) is 1. The van der Waals surface area contributed by atoms with Crippen molar-refractivity contribution in [2.24, 2.45) is 17.3 Å². The van der Waals surface area contributed by atoms with E-state index in [0.717, 1.165) is 31.7 Å². The van der Waals surface area contributed by atoms with Crippen molar-refractivity contribution >= 4 is 17.7 Å². The van der Waals surface area contributed by atoms with E-state index in [2.05, 4.69) is 49.6 Å². The number of ketones is 1. The summed E-state index contributed by atoms with van der Waals surface area (Å²) in [4.78, 5) is 50.6. The number of hydrogen-bond donors (Lipinski definition) is 0. The second-order valence-electron chi connectivity index (χ2n) is 16.5. The third kappa shape index (κ3) is 11.0. The number of rotatable bonds is 10. The molecule has 0 saturated carbocycles. The smallest absolute Gasteiger partial charge is 0.319 e. The molecule has 0 unspecified atom stereocenters. The monoisotopic (exact) mass is 745 g/mol. The number of carbonyl (C=O) groups excluding carboxylic acids is 3. The maximum absolute atomic E-state index is 14.4. The Kier molecular flexibility index (Phi) is 15.7. The van der Waals surface area contributed by atoms with E-state index in [-0.39, 0.29) is 35.8 Å². The Morgan fingerprint density at radius 1 is 0.962 bits per heavy atom. The SMILES string of the molecule is CCCN1C[C@H](C)C[C@@H](OC)[C@H](O[C@H]2C[C@@H](N(C)C)C[C@@H](C)O2)[C@@H](C)C(=O)C(C)(C)C(=O)O[C@@H](C)[C@@H]1CN1CCN(C(=O)c2ccc(OC)cc2)CC1. The van der Waals surface area contributed by atoms with Crippen molar-refractivity contribution in [3.8, 4) is 5.75 Å². The van der Waals surface area contributed by atoms with E-state index in [4.69, 9.17) is 23.7 Å². The number of Topliss-reactive ketones (excluding diaryl/α,β-unsaturated/α-hetero) is 1. The second kappa shape index (κ2) is 19.3. The fourth-order valence-electron chi connectivity index (χ4n) is 8.29. The lowest BCUT2D eigenvalue weighted by molar-refractivity contribution is -0.246. The first kappa shape index (κ1) is 43.1. The van der Waals surface area contributed by atoms with E-state index >= 15 is 0 Å². The van der Waals surface area contributed by atoms with Crippen LogP contribution in [0.1, 0.15) is 84.5 Å². The van der Waals surface area contributed by atoms with Crippen molar-refractivity contribution in [1.29, 1.82) is 0 Å². The average Bonchev–Trinajstić information content (AvgIpc) is 3.13. The average molecular weight is 745 g/mol. The summed E-state index contributed by atoms with van der Waals surface area (Å²) in [5, 5.41) is 0. The Bertz CT molecular complexity index is 1330. The van der Waals surface area contributed by atoms with E-state index in [0.29, 0.717) is 51.1 Å². The summed E-state index contributed by atoms with van der Waals surface area (Å²) in [6.45, 7) is 18.5. The van der Waals surface area contributed by atoms with Gasteiger partial charge in [-0.25, -0.2) is 0 Å². The highest BCUT2D eigenvalue weighted by molar-refractivity contribution is 6.04. The molecular weight excluding hydrogens is 676 g/mol. The molecule has 1 aromatic carbocycles. The van der Waals surface area contributed by atoms with Gasteiger partial charge in [-0.3, -0.25) is 24.2 Å². The van der Waals surface area contributed by atoms with Crippen LogP contribution in [0.25, 0.3) is 0 Å². The van der Waals surface area contributed by atoms with Crippen LogP contribution in [0.15, 0.2) is 24.3 Å². The van der Waals surface area contributed by atoms with Gasteiger partial charge < -0.3 is 33.5 Å². The molecule has 4 rings (SSSR count). The third-order valence-corrected chi connectivity index (χ3v) is 11.6. The third-order valence-electron chi connectivity index (χ3n) is 11.6. The fourth-order valence-corrected chi connectivity index (χ4v) is 8.29. The van der Waals surface area contributed by atoms with Gasteiger partial charge in [-0.05, 0) is 97.8 Å². The summed E-state index contributed by atoms with van der Waals surface area (Å²) in [6.07, 6.45) is 1.19. The molecule has 0 aliphatic carbocycles. The van der Waals surface area contributed by atoms with Crippen LogP contribution in [0, 0.1) is 17.3 Å². The van der Waals surface area contributed by atoms with Crippen LogP contribution in [-0.2, 0) is 28.5 Å². The maximum Gasteiger partial charge on any atom is 0.319 e. The van der Waals surface area contributed by atoms with Crippen LogP contribution in [0.2, 0.25) is 0 Å². The quantitative estimate of drug-likeness (QED) is 0.248. The van der Waals surface area contributed by atoms with E-state index < -0.39 is 41.9 Å². The Balaban J connectivity index is 1.56. The van der Waals surface area contributed by atoms with Gasteiger partial charge in [0, 0.05) is 70.3 Å². The van der Waals surface area contributed by atoms with Crippen LogP contribution in [0.5, 0.6) is 5.75 Å². The molecule has 9 atom stereocenters. The molecule has 1 aromatic rings. The fraction of sp³-hybridized carbons (Fsp3) is 0.780. The van der Waals surface area contributed by atoms with Gasteiger partial charge in [0.05, 0.1) is 31.5 Å². The van der Waals surface area contributed by atoms with Crippen LogP contribution in [-0.4, -0.2) is 154 Å². The summed E-state index contributed by atoms with van der Waals surface area (Å²) in [5.74, 6) is -0.511. The molecule has 3 aliphatic rings. The minimum Gasteiger partial charge on any atom is -0.497 e. The molecule has 3 fully saturated rings. The number of methoxy groups -OCH3 is 2. The highest BCUT2D eigenvalue weighted by atomic mass is 16.7. The molecule has 12 nitrogen and oxygen atoms in total. The second-order valence-corrected chi connectivity index (χ2v) is 16.5. The molecule has 12 heteroatoms. The first-order valence-corrected chi connectivity index (χ1v) is 19.7. The number of amides is 1. The lowest BCUT2D eigenvalue weighted by Crippen LogP contribution is -2.57. The molecule has 0 radical (unpaired) electrons. The van der Waals surface area contributed by atoms with Gasteiger partial charge in [-0.1, -0.05) is 20.8 Å². The minimum absolute atomic E-state index is 0.00576. The first-order chi connectivity index (χ1) is 25.1. The number of hydrogen-bond acceptors (Lipinski definition) is 11. The van der Waals surface area contributed by atoms with E-state index in [1.165, 1.54) is 0 Å². The zero-order valence-electron chi connectivity index (χ0n) is 34.3. The number of esters is 1. The minimum atomic E-state index is -1.41. The largest absolute Gasteiger partial charge is 0.497 e. The van der Waals surface area contributed by atoms with E-state index in [1.54, 1.807) is 40.2 Å². The predicted molar refractivity (Wildman–Crippen MR) is 205 cm³/mol. The molecule has 3 aliphatic heterocycles. The maximum atomic E-state index is 14.4. The topological polar surface area (TPSA) is 110 Å². The number of ether oxygens (including phenoxy) is 5. The molecule has 0 aromatic heterocycles. The molecule has 0 spiro atoms. The van der Waals surface area contributed by atoms with Crippen molar-refractivity contribution in [1.82, 2.24) is 19.6 Å². The summed E-state index contributed by atoms with van der Waals surface area (Å²) in [5.41, 5.74) is -0.765. The van der Waals surface area contributed by atoms with Crippen LogP contribution < -0.4 is 4.74 Å².